The lowest BCUT2D eigenvalue weighted by Gasteiger charge is -2.12. The zero-order chi connectivity index (χ0) is 7.82. The lowest BCUT2D eigenvalue weighted by molar-refractivity contribution is 0.107. The first-order valence-electron chi connectivity index (χ1n) is 3.69. The quantitative estimate of drug-likeness (QED) is 0.576. The molecule has 3 nitrogen and oxygen atoms in total. The van der Waals surface area contributed by atoms with E-state index in [1.165, 1.54) is 0 Å². The van der Waals surface area contributed by atoms with Gasteiger partial charge in [0.2, 0.25) is 0 Å². The van der Waals surface area contributed by atoms with Gasteiger partial charge in [-0.15, -0.1) is 0 Å². The fourth-order valence-corrected chi connectivity index (χ4v) is 1.66. The SMILES string of the molecule is CCO[SiH](OCC)OCC.F. The summed E-state index contributed by atoms with van der Waals surface area (Å²) in [5, 5.41) is 0. The topological polar surface area (TPSA) is 27.7 Å². The molecule has 0 N–H and O–H groups in total. The van der Waals surface area contributed by atoms with Crippen molar-refractivity contribution in [3.8, 4) is 0 Å². The minimum absolute atomic E-state index is 0. The first-order valence-corrected chi connectivity index (χ1v) is 5.11. The normalized spacial score (nSPS) is 9.82. The van der Waals surface area contributed by atoms with Gasteiger partial charge in [-0.05, 0) is 20.8 Å². The van der Waals surface area contributed by atoms with Crippen LogP contribution in [0.4, 0.5) is 4.70 Å². The Morgan fingerprint density at radius 1 is 0.818 bits per heavy atom. The van der Waals surface area contributed by atoms with Gasteiger partial charge >= 0.3 is 9.53 Å². The van der Waals surface area contributed by atoms with Gasteiger partial charge in [0.15, 0.2) is 0 Å². The molecule has 0 atom stereocenters. The molecule has 11 heavy (non-hydrogen) atoms. The predicted molar refractivity (Wildman–Crippen MR) is 44.5 cm³/mol. The molecule has 0 radical (unpaired) electrons. The molecule has 0 aliphatic carbocycles. The molecule has 0 spiro atoms. The van der Waals surface area contributed by atoms with Crippen molar-refractivity contribution in [1.82, 2.24) is 0 Å². The van der Waals surface area contributed by atoms with Gasteiger partial charge in [-0.3, -0.25) is 4.70 Å². The number of hydrogen-bond acceptors (Lipinski definition) is 3. The molecule has 0 heterocycles. The van der Waals surface area contributed by atoms with Crippen LogP contribution in [-0.4, -0.2) is 29.3 Å². The van der Waals surface area contributed by atoms with Crippen molar-refractivity contribution in [2.24, 2.45) is 0 Å². The highest BCUT2D eigenvalue weighted by Gasteiger charge is 2.11. The van der Waals surface area contributed by atoms with E-state index in [9.17, 15) is 0 Å². The summed E-state index contributed by atoms with van der Waals surface area (Å²) in [6.07, 6.45) is 0. The average molecular weight is 184 g/mol. The summed E-state index contributed by atoms with van der Waals surface area (Å²) in [6.45, 7) is 7.86. The third-order valence-electron chi connectivity index (χ3n) is 0.908. The Morgan fingerprint density at radius 3 is 1.27 bits per heavy atom. The highest BCUT2D eigenvalue weighted by Crippen LogP contribution is 1.90. The van der Waals surface area contributed by atoms with Crippen LogP contribution in [0, 0.1) is 0 Å². The van der Waals surface area contributed by atoms with E-state index in [4.69, 9.17) is 13.3 Å². The van der Waals surface area contributed by atoms with Crippen molar-refractivity contribution in [2.75, 3.05) is 19.8 Å². The molecule has 70 valence electrons. The number of halogens is 1. The Morgan fingerprint density at radius 2 is 1.09 bits per heavy atom. The zero-order valence-electron chi connectivity index (χ0n) is 7.33. The minimum Gasteiger partial charge on any atom is -0.376 e. The van der Waals surface area contributed by atoms with Crippen molar-refractivity contribution in [3.63, 3.8) is 0 Å². The summed E-state index contributed by atoms with van der Waals surface area (Å²) in [4.78, 5) is 0. The summed E-state index contributed by atoms with van der Waals surface area (Å²) < 4.78 is 15.7. The highest BCUT2D eigenvalue weighted by molar-refractivity contribution is 6.36. The summed E-state index contributed by atoms with van der Waals surface area (Å²) >= 11 is 0. The van der Waals surface area contributed by atoms with E-state index in [2.05, 4.69) is 0 Å². The Bertz CT molecular complexity index is 60.6. The maximum atomic E-state index is 5.22. The molecule has 0 saturated carbocycles. The van der Waals surface area contributed by atoms with Gasteiger partial charge in [0, 0.05) is 19.8 Å². The van der Waals surface area contributed by atoms with Crippen molar-refractivity contribution in [2.45, 2.75) is 20.8 Å². The highest BCUT2D eigenvalue weighted by atomic mass is 28.3. The number of hydrogen-bond donors (Lipinski definition) is 0. The van der Waals surface area contributed by atoms with Crippen LogP contribution in [-0.2, 0) is 13.3 Å². The van der Waals surface area contributed by atoms with E-state index in [0.29, 0.717) is 19.8 Å². The average Bonchev–Trinajstić information content (AvgIpc) is 1.90. The fraction of sp³-hybridized carbons (Fsp3) is 1.00. The molecule has 0 aliphatic heterocycles. The Labute approximate surface area is 69.0 Å². The van der Waals surface area contributed by atoms with Crippen LogP contribution in [0.3, 0.4) is 0 Å². The maximum Gasteiger partial charge on any atom is 0.484 e. The summed E-state index contributed by atoms with van der Waals surface area (Å²) in [5.74, 6) is 0. The fourth-order valence-electron chi connectivity index (χ4n) is 0.553. The van der Waals surface area contributed by atoms with Crippen LogP contribution in [0.1, 0.15) is 20.8 Å². The Hall–Kier alpha value is 0.0269. The summed E-state index contributed by atoms with van der Waals surface area (Å²) in [5.41, 5.74) is 0. The van der Waals surface area contributed by atoms with Crippen LogP contribution >= 0.6 is 0 Å². The molecule has 0 aromatic heterocycles. The smallest absolute Gasteiger partial charge is 0.376 e. The zero-order valence-corrected chi connectivity index (χ0v) is 8.49. The van der Waals surface area contributed by atoms with Gasteiger partial charge in [0.1, 0.15) is 0 Å². The van der Waals surface area contributed by atoms with E-state index in [-0.39, 0.29) is 4.70 Å². The molecule has 0 aromatic rings. The molecule has 0 amide bonds. The Balaban J connectivity index is 0. The van der Waals surface area contributed by atoms with Crippen LogP contribution < -0.4 is 0 Å². The van der Waals surface area contributed by atoms with E-state index in [1.807, 2.05) is 20.8 Å². The van der Waals surface area contributed by atoms with Gasteiger partial charge in [-0.1, -0.05) is 0 Å². The van der Waals surface area contributed by atoms with Crippen molar-refractivity contribution in [1.29, 1.82) is 0 Å². The molecular formula is C6H17FO3Si. The second kappa shape index (κ2) is 10.0. The molecule has 0 bridgehead atoms. The molecule has 5 heteroatoms. The van der Waals surface area contributed by atoms with E-state index < -0.39 is 9.53 Å². The molecule has 0 rings (SSSR count). The predicted octanol–water partition coefficient (Wildman–Crippen LogP) is 0.966. The second-order valence-electron chi connectivity index (χ2n) is 1.65. The van der Waals surface area contributed by atoms with Crippen LogP contribution in [0.15, 0.2) is 0 Å². The van der Waals surface area contributed by atoms with Crippen LogP contribution in [0.5, 0.6) is 0 Å². The van der Waals surface area contributed by atoms with Gasteiger partial charge in [0.25, 0.3) is 0 Å². The number of rotatable bonds is 6. The first-order chi connectivity index (χ1) is 4.85. The lowest BCUT2D eigenvalue weighted by atomic mass is 10.9. The van der Waals surface area contributed by atoms with Gasteiger partial charge in [-0.2, -0.15) is 0 Å². The van der Waals surface area contributed by atoms with Crippen molar-refractivity contribution < 1.29 is 18.0 Å². The lowest BCUT2D eigenvalue weighted by Crippen LogP contribution is -2.27. The molecule has 0 unspecified atom stereocenters. The van der Waals surface area contributed by atoms with Crippen LogP contribution in [0.2, 0.25) is 0 Å². The first kappa shape index (κ1) is 13.6. The van der Waals surface area contributed by atoms with Gasteiger partial charge < -0.3 is 13.3 Å². The molecule has 0 aromatic carbocycles. The van der Waals surface area contributed by atoms with Gasteiger partial charge in [0.05, 0.1) is 0 Å². The molecule has 0 aliphatic rings. The third kappa shape index (κ3) is 7.93. The largest absolute Gasteiger partial charge is 0.484 e. The van der Waals surface area contributed by atoms with E-state index >= 15 is 0 Å². The third-order valence-corrected chi connectivity index (χ3v) is 2.72. The van der Waals surface area contributed by atoms with Crippen molar-refractivity contribution in [3.05, 3.63) is 0 Å². The maximum absolute atomic E-state index is 5.22. The summed E-state index contributed by atoms with van der Waals surface area (Å²) in [6, 6.07) is 0. The molecule has 0 saturated heterocycles. The second-order valence-corrected chi connectivity index (χ2v) is 3.23. The molecular weight excluding hydrogens is 167 g/mol. The standard InChI is InChI=1S/C6H16O3Si.FH/c1-4-7-10(8-5-2)9-6-3;/h10H,4-6H2,1-3H3;1H. The van der Waals surface area contributed by atoms with Crippen molar-refractivity contribution >= 4 is 9.53 Å². The molecule has 0 fully saturated rings. The monoisotopic (exact) mass is 184 g/mol. The van der Waals surface area contributed by atoms with Crippen LogP contribution in [0.25, 0.3) is 0 Å². The Kier molecular flexibility index (Phi) is 12.4. The minimum atomic E-state index is -1.73. The summed E-state index contributed by atoms with van der Waals surface area (Å²) in [7, 11) is -1.73. The van der Waals surface area contributed by atoms with E-state index in [1.54, 1.807) is 0 Å². The van der Waals surface area contributed by atoms with E-state index in [0.717, 1.165) is 0 Å². The van der Waals surface area contributed by atoms with Gasteiger partial charge in [-0.25, -0.2) is 0 Å².